The number of esters is 4. The number of fused-ring (bicyclic) bond motifs is 2. The monoisotopic (exact) mass is 590 g/mol. The second-order valence-corrected chi connectivity index (χ2v) is 10.3. The van der Waals surface area contributed by atoms with Crippen molar-refractivity contribution in [3.63, 3.8) is 0 Å². The third-order valence-corrected chi connectivity index (χ3v) is 6.34. The van der Waals surface area contributed by atoms with Crippen LogP contribution in [-0.2, 0) is 19.2 Å². The molecule has 0 atom stereocenters. The summed E-state index contributed by atoms with van der Waals surface area (Å²) in [6.07, 6.45) is 0. The normalized spacial score (nSPS) is 10.5. The van der Waals surface area contributed by atoms with E-state index in [0.29, 0.717) is 32.7 Å². The van der Waals surface area contributed by atoms with Crippen molar-refractivity contribution in [2.24, 2.45) is 0 Å². The molecule has 0 saturated heterocycles. The van der Waals surface area contributed by atoms with Crippen LogP contribution in [0.3, 0.4) is 0 Å². The molecule has 222 valence electrons. The Bertz CT molecular complexity index is 1900. The van der Waals surface area contributed by atoms with Crippen molar-refractivity contribution in [3.8, 4) is 34.1 Å². The maximum Gasteiger partial charge on any atom is 0.338 e. The van der Waals surface area contributed by atoms with E-state index in [-0.39, 0.29) is 45.3 Å². The quantitative estimate of drug-likeness (QED) is 0.0850. The standard InChI is InChI=1S/C36H30O8/c1-19(2)33(37)41-24-16-23(17-25(18-24)42-34(38)20(3)4)30-26-12-9-10-13-27(26)32(44-36(40)22(7)8)31-28(30)14-11-15-29(31)43-35(39)21(5)6/h9-18H,1,3,5,7H2,2,4,6,8H3. The van der Waals surface area contributed by atoms with E-state index in [1.807, 2.05) is 6.07 Å². The molecule has 8 nitrogen and oxygen atoms in total. The van der Waals surface area contributed by atoms with Gasteiger partial charge in [-0.1, -0.05) is 62.7 Å². The van der Waals surface area contributed by atoms with Crippen LogP contribution in [0.15, 0.2) is 109 Å². The molecule has 0 heterocycles. The zero-order valence-electron chi connectivity index (χ0n) is 24.9. The summed E-state index contributed by atoms with van der Waals surface area (Å²) in [7, 11) is 0. The molecule has 0 bridgehead atoms. The van der Waals surface area contributed by atoms with Crippen LogP contribution >= 0.6 is 0 Å². The smallest absolute Gasteiger partial charge is 0.338 e. The van der Waals surface area contributed by atoms with Gasteiger partial charge in [0.25, 0.3) is 0 Å². The lowest BCUT2D eigenvalue weighted by molar-refractivity contribution is -0.131. The van der Waals surface area contributed by atoms with Gasteiger partial charge < -0.3 is 18.9 Å². The molecular formula is C36H30O8. The number of carbonyl (C=O) groups excluding carboxylic acids is 4. The molecule has 0 unspecified atom stereocenters. The molecule has 0 N–H and O–H groups in total. The Kier molecular flexibility index (Phi) is 8.95. The highest BCUT2D eigenvalue weighted by Crippen LogP contribution is 2.48. The van der Waals surface area contributed by atoms with Gasteiger partial charge in [-0.05, 0) is 67.8 Å². The molecule has 44 heavy (non-hydrogen) atoms. The van der Waals surface area contributed by atoms with Crippen LogP contribution < -0.4 is 18.9 Å². The predicted octanol–water partition coefficient (Wildman–Crippen LogP) is 7.59. The first-order chi connectivity index (χ1) is 20.8. The minimum Gasteiger partial charge on any atom is -0.423 e. The van der Waals surface area contributed by atoms with Crippen LogP contribution in [0.2, 0.25) is 0 Å². The van der Waals surface area contributed by atoms with Crippen LogP contribution in [0.5, 0.6) is 23.0 Å². The van der Waals surface area contributed by atoms with Crippen molar-refractivity contribution in [1.29, 1.82) is 0 Å². The molecule has 4 rings (SSSR count). The number of benzene rings is 4. The number of carbonyl (C=O) groups is 4. The second kappa shape index (κ2) is 12.6. The van der Waals surface area contributed by atoms with Gasteiger partial charge in [0.1, 0.15) is 17.2 Å². The molecule has 0 aromatic heterocycles. The van der Waals surface area contributed by atoms with E-state index >= 15 is 0 Å². The molecule has 4 aromatic rings. The summed E-state index contributed by atoms with van der Waals surface area (Å²) < 4.78 is 22.7. The van der Waals surface area contributed by atoms with Crippen LogP contribution in [0.1, 0.15) is 27.7 Å². The molecule has 0 aliphatic heterocycles. The largest absolute Gasteiger partial charge is 0.423 e. The lowest BCUT2D eigenvalue weighted by Gasteiger charge is -2.20. The van der Waals surface area contributed by atoms with E-state index < -0.39 is 23.9 Å². The Morgan fingerprint density at radius 1 is 0.523 bits per heavy atom. The highest BCUT2D eigenvalue weighted by atomic mass is 16.6. The molecule has 0 spiro atoms. The topological polar surface area (TPSA) is 105 Å². The van der Waals surface area contributed by atoms with Gasteiger partial charge in [-0.3, -0.25) is 0 Å². The van der Waals surface area contributed by atoms with Crippen LogP contribution in [-0.4, -0.2) is 23.9 Å². The van der Waals surface area contributed by atoms with Crippen molar-refractivity contribution >= 4 is 45.4 Å². The lowest BCUT2D eigenvalue weighted by Crippen LogP contribution is -2.12. The fourth-order valence-corrected chi connectivity index (χ4v) is 4.24. The lowest BCUT2D eigenvalue weighted by atomic mass is 9.90. The summed E-state index contributed by atoms with van der Waals surface area (Å²) in [4.78, 5) is 50.5. The number of ether oxygens (including phenoxy) is 4. The van der Waals surface area contributed by atoms with Crippen molar-refractivity contribution in [2.75, 3.05) is 0 Å². The average molecular weight is 591 g/mol. The SMILES string of the molecule is C=C(C)C(=O)Oc1cc(OC(=O)C(=C)C)cc(-c2c3ccccc3c(OC(=O)C(=C)C)c3c(OC(=O)C(=C)C)cccc23)c1. The first kappa shape index (κ1) is 31.2. The number of rotatable bonds is 9. The zero-order valence-corrected chi connectivity index (χ0v) is 24.9. The third kappa shape index (κ3) is 6.50. The van der Waals surface area contributed by atoms with Crippen molar-refractivity contribution in [2.45, 2.75) is 27.7 Å². The maximum absolute atomic E-state index is 12.8. The number of hydrogen-bond donors (Lipinski definition) is 0. The van der Waals surface area contributed by atoms with Gasteiger partial charge in [0, 0.05) is 33.7 Å². The third-order valence-electron chi connectivity index (χ3n) is 6.34. The van der Waals surface area contributed by atoms with E-state index in [2.05, 4.69) is 26.3 Å². The number of hydrogen-bond acceptors (Lipinski definition) is 8. The van der Waals surface area contributed by atoms with Gasteiger partial charge in [0.05, 0.1) is 5.39 Å². The van der Waals surface area contributed by atoms with Crippen LogP contribution in [0.25, 0.3) is 32.7 Å². The maximum atomic E-state index is 12.8. The van der Waals surface area contributed by atoms with Gasteiger partial charge >= 0.3 is 23.9 Å². The van der Waals surface area contributed by atoms with Crippen molar-refractivity contribution in [1.82, 2.24) is 0 Å². The van der Waals surface area contributed by atoms with Crippen LogP contribution in [0.4, 0.5) is 0 Å². The molecule has 0 aliphatic rings. The first-order valence-corrected chi connectivity index (χ1v) is 13.4. The molecular weight excluding hydrogens is 560 g/mol. The summed E-state index contributed by atoms with van der Waals surface area (Å²) in [5, 5.41) is 1.97. The Morgan fingerprint density at radius 3 is 1.50 bits per heavy atom. The highest BCUT2D eigenvalue weighted by Gasteiger charge is 2.24. The van der Waals surface area contributed by atoms with E-state index in [4.69, 9.17) is 18.9 Å². The molecule has 8 heteroatoms. The van der Waals surface area contributed by atoms with E-state index in [9.17, 15) is 19.2 Å². The predicted molar refractivity (Wildman–Crippen MR) is 169 cm³/mol. The summed E-state index contributed by atoms with van der Waals surface area (Å²) in [5.74, 6) is -2.27. The zero-order chi connectivity index (χ0) is 32.3. The summed E-state index contributed by atoms with van der Waals surface area (Å²) in [5.41, 5.74) is 1.72. The van der Waals surface area contributed by atoms with Crippen LogP contribution in [0, 0.1) is 0 Å². The average Bonchev–Trinajstić information content (AvgIpc) is 2.96. The van der Waals surface area contributed by atoms with Gasteiger partial charge in [-0.15, -0.1) is 0 Å². The van der Waals surface area contributed by atoms with E-state index in [1.54, 1.807) is 48.5 Å². The van der Waals surface area contributed by atoms with E-state index in [1.165, 1.54) is 33.8 Å². The van der Waals surface area contributed by atoms with Crippen molar-refractivity contribution < 1.29 is 38.1 Å². The van der Waals surface area contributed by atoms with Crippen molar-refractivity contribution in [3.05, 3.63) is 109 Å². The Hall–Kier alpha value is -5.76. The summed E-state index contributed by atoms with van der Waals surface area (Å²) >= 11 is 0. The van der Waals surface area contributed by atoms with Gasteiger partial charge in [0.15, 0.2) is 5.75 Å². The fraction of sp³-hybridized carbons (Fsp3) is 0.111. The highest BCUT2D eigenvalue weighted by molar-refractivity contribution is 6.20. The minimum absolute atomic E-state index is 0.0832. The van der Waals surface area contributed by atoms with Gasteiger partial charge in [-0.25, -0.2) is 19.2 Å². The molecule has 4 aromatic carbocycles. The Labute approximate surface area is 254 Å². The molecule has 0 fully saturated rings. The molecule has 0 aliphatic carbocycles. The van der Waals surface area contributed by atoms with E-state index in [0.717, 1.165) is 0 Å². The second-order valence-electron chi connectivity index (χ2n) is 10.3. The molecule has 0 amide bonds. The fourth-order valence-electron chi connectivity index (χ4n) is 4.24. The minimum atomic E-state index is -0.676. The summed E-state index contributed by atoms with van der Waals surface area (Å²) in [6, 6.07) is 16.8. The molecule has 0 radical (unpaired) electrons. The van der Waals surface area contributed by atoms with Gasteiger partial charge in [-0.2, -0.15) is 0 Å². The Balaban J connectivity index is 2.14. The van der Waals surface area contributed by atoms with Gasteiger partial charge in [0.2, 0.25) is 0 Å². The first-order valence-electron chi connectivity index (χ1n) is 13.4. The Morgan fingerprint density at radius 2 is 0.977 bits per heavy atom. The molecule has 0 saturated carbocycles. The summed E-state index contributed by atoms with van der Waals surface area (Å²) in [6.45, 7) is 20.7.